The molecule has 3 aromatic heterocycles. The third-order valence-corrected chi connectivity index (χ3v) is 8.29. The Morgan fingerprint density at radius 1 is 0.927 bits per heavy atom. The van der Waals surface area contributed by atoms with Crippen LogP contribution in [0.15, 0.2) is 86.4 Å². The molecule has 18 heteroatoms. The summed E-state index contributed by atoms with van der Waals surface area (Å²) in [5, 5.41) is 40.3. The highest BCUT2D eigenvalue weighted by Gasteiger charge is 2.33. The molecule has 55 heavy (non-hydrogen) atoms. The van der Waals surface area contributed by atoms with Crippen molar-refractivity contribution in [2.24, 2.45) is 0 Å². The third-order valence-electron chi connectivity index (χ3n) is 8.29. The zero-order chi connectivity index (χ0) is 39.3. The van der Waals surface area contributed by atoms with Gasteiger partial charge in [0.25, 0.3) is 0 Å². The molecule has 0 radical (unpaired) electrons. The molecule has 3 aromatic carbocycles. The molecule has 0 saturated carbocycles. The Bertz CT molecular complexity index is 2330. The van der Waals surface area contributed by atoms with E-state index in [9.17, 15) is 19.5 Å². The van der Waals surface area contributed by atoms with Crippen LogP contribution in [0.3, 0.4) is 0 Å². The highest BCUT2D eigenvalue weighted by Crippen LogP contribution is 2.31. The summed E-state index contributed by atoms with van der Waals surface area (Å²) >= 11 is 0. The fourth-order valence-electron chi connectivity index (χ4n) is 5.65. The Morgan fingerprint density at radius 3 is 2.25 bits per heavy atom. The van der Waals surface area contributed by atoms with E-state index in [2.05, 4.69) is 25.2 Å². The number of hydrogen-bond acceptors (Lipinski definition) is 16. The number of hydrogen-bond donors (Lipinski definition) is 3. The third kappa shape index (κ3) is 9.08. The molecule has 0 fully saturated rings. The number of carbonyl (C=O) groups is 2. The maximum absolute atomic E-state index is 13.6. The van der Waals surface area contributed by atoms with Crippen LogP contribution in [0, 0.1) is 6.92 Å². The molecule has 0 bridgehead atoms. The Hall–Kier alpha value is -6.31. The number of imidazole rings is 1. The van der Waals surface area contributed by atoms with E-state index >= 15 is 0 Å². The number of esters is 1. The lowest BCUT2D eigenvalue weighted by molar-refractivity contribution is -0.497. The first-order valence-electron chi connectivity index (χ1n) is 17.0. The second kappa shape index (κ2) is 16.4. The average molecular weight is 756 g/mol. The van der Waals surface area contributed by atoms with Crippen LogP contribution >= 0.6 is 0 Å². The molecule has 18 nitrogen and oxygen atoms in total. The predicted octanol–water partition coefficient (Wildman–Crippen LogP) is 5.20. The lowest BCUT2D eigenvalue weighted by Crippen LogP contribution is -2.23. The molecule has 0 atom stereocenters. The SMILES string of the molecule is CCCc1nc(C(C)(C)O)c(C(=O)OCc2oc(=O)oc2C)n1Cc1ccc(-c2ccccc2-c2nnn(C(=O)Oc3ccc(CON(O)O)cc3)n2)cc1. The van der Waals surface area contributed by atoms with Gasteiger partial charge in [-0.25, -0.2) is 24.2 Å². The summed E-state index contributed by atoms with van der Waals surface area (Å²) in [6, 6.07) is 21.1. The molecule has 0 aliphatic heterocycles. The van der Waals surface area contributed by atoms with Crippen LogP contribution in [0.5, 0.6) is 5.75 Å². The topological polar surface area (TPSA) is 231 Å². The van der Waals surface area contributed by atoms with Crippen molar-refractivity contribution in [1.82, 2.24) is 35.1 Å². The van der Waals surface area contributed by atoms with Gasteiger partial charge in [-0.1, -0.05) is 72.4 Å². The van der Waals surface area contributed by atoms with E-state index in [1.165, 1.54) is 32.9 Å². The first-order chi connectivity index (χ1) is 26.3. The van der Waals surface area contributed by atoms with Gasteiger partial charge in [0.2, 0.25) is 5.82 Å². The molecule has 0 spiro atoms. The lowest BCUT2D eigenvalue weighted by atomic mass is 9.98. The number of tetrazole rings is 1. The molecule has 0 aliphatic rings. The molecule has 286 valence electrons. The summed E-state index contributed by atoms with van der Waals surface area (Å²) in [5.74, 6) is -0.439. The minimum absolute atomic E-state index is 0.0744. The fraction of sp³-hybridized carbons (Fsp3) is 0.270. The van der Waals surface area contributed by atoms with E-state index in [0.29, 0.717) is 23.4 Å². The summed E-state index contributed by atoms with van der Waals surface area (Å²) < 4.78 is 22.5. The minimum Gasteiger partial charge on any atom is -0.453 e. The van der Waals surface area contributed by atoms with Crippen molar-refractivity contribution in [3.8, 4) is 28.3 Å². The van der Waals surface area contributed by atoms with E-state index in [0.717, 1.165) is 27.9 Å². The second-order valence-corrected chi connectivity index (χ2v) is 12.8. The number of carbonyl (C=O) groups excluding carboxylic acids is 2. The number of aliphatic hydroxyl groups is 1. The summed E-state index contributed by atoms with van der Waals surface area (Å²) in [6.07, 6.45) is 0.348. The smallest absolute Gasteiger partial charge is 0.453 e. The van der Waals surface area contributed by atoms with Gasteiger partial charge in [-0.2, -0.15) is 0 Å². The number of aryl methyl sites for hydroxylation is 2. The van der Waals surface area contributed by atoms with Crippen LogP contribution in [-0.4, -0.2) is 62.7 Å². The molecule has 6 rings (SSSR count). The zero-order valence-corrected chi connectivity index (χ0v) is 30.2. The van der Waals surface area contributed by atoms with E-state index in [1.54, 1.807) is 28.8 Å². The van der Waals surface area contributed by atoms with Gasteiger partial charge in [-0.05, 0) is 66.8 Å². The quantitative estimate of drug-likeness (QED) is 0.0957. The summed E-state index contributed by atoms with van der Waals surface area (Å²) in [7, 11) is 0. The Kier molecular flexibility index (Phi) is 11.4. The Labute approximate surface area is 312 Å². The van der Waals surface area contributed by atoms with Crippen LogP contribution in [0.4, 0.5) is 4.79 Å². The Balaban J connectivity index is 1.21. The van der Waals surface area contributed by atoms with Crippen molar-refractivity contribution in [2.45, 2.75) is 65.9 Å². The normalized spacial score (nSPS) is 11.6. The Morgan fingerprint density at radius 2 is 1.62 bits per heavy atom. The van der Waals surface area contributed by atoms with Gasteiger partial charge in [0.1, 0.15) is 22.9 Å². The van der Waals surface area contributed by atoms with Crippen molar-refractivity contribution < 1.29 is 48.3 Å². The predicted molar refractivity (Wildman–Crippen MR) is 188 cm³/mol. The van der Waals surface area contributed by atoms with E-state index < -0.39 is 28.9 Å². The van der Waals surface area contributed by atoms with Crippen LogP contribution in [0.2, 0.25) is 0 Å². The molecule has 3 heterocycles. The van der Waals surface area contributed by atoms with E-state index in [-0.39, 0.29) is 54.2 Å². The minimum atomic E-state index is -1.48. The summed E-state index contributed by atoms with van der Waals surface area (Å²) in [4.78, 5) is 47.9. The first-order valence-corrected chi connectivity index (χ1v) is 17.0. The summed E-state index contributed by atoms with van der Waals surface area (Å²) in [6.45, 7) is 6.33. The molecular formula is C37H37N7O11. The van der Waals surface area contributed by atoms with Gasteiger partial charge in [-0.3, -0.25) is 10.4 Å². The lowest BCUT2D eigenvalue weighted by Gasteiger charge is -2.17. The van der Waals surface area contributed by atoms with Crippen LogP contribution in [-0.2, 0) is 41.4 Å². The van der Waals surface area contributed by atoms with Crippen LogP contribution in [0.1, 0.15) is 71.8 Å². The van der Waals surface area contributed by atoms with Crippen molar-refractivity contribution in [3.63, 3.8) is 0 Å². The molecule has 0 aliphatic carbocycles. The standard InChI is InChI=1S/C37H37N7O11/c1-5-8-30-38-32(37(3,4)48)31(34(45)51-21-29-22(2)53-36(47)55-29)42(30)19-23-11-15-25(16-12-23)27-9-6-7-10-28(27)33-39-41-43(40-33)35(46)54-26-17-13-24(14-18-26)20-52-44(49)50/h6-7,9-18,48-50H,5,8,19-21H2,1-4H3. The molecule has 0 saturated heterocycles. The summed E-state index contributed by atoms with van der Waals surface area (Å²) in [5.41, 5.74) is 2.32. The second-order valence-electron chi connectivity index (χ2n) is 12.8. The van der Waals surface area contributed by atoms with Crippen molar-refractivity contribution in [1.29, 1.82) is 0 Å². The molecule has 0 amide bonds. The van der Waals surface area contributed by atoms with Crippen molar-refractivity contribution >= 4 is 12.1 Å². The maximum atomic E-state index is 13.6. The van der Waals surface area contributed by atoms with E-state index in [1.807, 2.05) is 43.3 Å². The number of ether oxygens (including phenoxy) is 2. The first kappa shape index (κ1) is 38.4. The number of rotatable bonds is 14. The monoisotopic (exact) mass is 755 g/mol. The molecule has 0 unspecified atom stereocenters. The van der Waals surface area contributed by atoms with Crippen LogP contribution < -0.4 is 10.6 Å². The fourth-order valence-corrected chi connectivity index (χ4v) is 5.65. The van der Waals surface area contributed by atoms with E-state index in [4.69, 9.17) is 28.7 Å². The maximum Gasteiger partial charge on any atom is 0.519 e. The zero-order valence-electron chi connectivity index (χ0n) is 30.2. The highest BCUT2D eigenvalue weighted by molar-refractivity contribution is 5.89. The highest BCUT2D eigenvalue weighted by atomic mass is 17.1. The largest absolute Gasteiger partial charge is 0.519 e. The van der Waals surface area contributed by atoms with Gasteiger partial charge < -0.3 is 28.0 Å². The number of benzene rings is 3. The van der Waals surface area contributed by atoms with Gasteiger partial charge in [0.05, 0.1) is 12.0 Å². The molecule has 6 aromatic rings. The number of nitrogens with zero attached hydrogens (tertiary/aromatic N) is 7. The van der Waals surface area contributed by atoms with Crippen LogP contribution in [0.25, 0.3) is 22.5 Å². The van der Waals surface area contributed by atoms with Crippen molar-refractivity contribution in [3.05, 3.63) is 123 Å². The van der Waals surface area contributed by atoms with Crippen molar-refractivity contribution in [2.75, 3.05) is 0 Å². The van der Waals surface area contributed by atoms with Gasteiger partial charge >= 0.3 is 17.9 Å². The van der Waals surface area contributed by atoms with Gasteiger partial charge in [0, 0.05) is 18.5 Å². The van der Waals surface area contributed by atoms with Gasteiger partial charge in [0.15, 0.2) is 23.8 Å². The average Bonchev–Trinajstić information content (AvgIpc) is 3.88. The molecule has 3 N–H and O–H groups in total. The van der Waals surface area contributed by atoms with Gasteiger partial charge in [-0.15, -0.1) is 10.2 Å². The molecular weight excluding hydrogens is 718 g/mol. The number of aromatic nitrogens is 6.